The van der Waals surface area contributed by atoms with Crippen LogP contribution in [0.2, 0.25) is 0 Å². The highest BCUT2D eigenvalue weighted by molar-refractivity contribution is 7.99. The zero-order chi connectivity index (χ0) is 13.7. The Hall–Kier alpha value is -1.07. The first-order valence-corrected chi connectivity index (χ1v) is 7.00. The zero-order valence-electron chi connectivity index (χ0n) is 11.4. The minimum Gasteiger partial charge on any atom is -0.368 e. The Bertz CT molecular complexity index is 400. The number of hydrogen-bond acceptors (Lipinski definition) is 4. The van der Waals surface area contributed by atoms with Crippen LogP contribution in [0, 0.1) is 13.8 Å². The standard InChI is InChI=1S/C13H21N3OS/c1-8(2)15-11(13(14)17)7-18-12-6-9(3)5-10(4)16-12/h5-6,8,11,15H,7H2,1-4H3,(H2,14,17). The first-order chi connectivity index (χ1) is 8.38. The molecule has 1 aromatic rings. The summed E-state index contributed by atoms with van der Waals surface area (Å²) >= 11 is 1.55. The van der Waals surface area contributed by atoms with Crippen molar-refractivity contribution < 1.29 is 4.79 Å². The van der Waals surface area contributed by atoms with E-state index in [1.807, 2.05) is 39.8 Å². The molecule has 0 aliphatic rings. The number of hydrogen-bond donors (Lipinski definition) is 2. The van der Waals surface area contributed by atoms with Crippen LogP contribution in [0.15, 0.2) is 17.2 Å². The molecule has 1 atom stereocenters. The molecule has 0 spiro atoms. The van der Waals surface area contributed by atoms with E-state index in [9.17, 15) is 4.79 Å². The van der Waals surface area contributed by atoms with E-state index >= 15 is 0 Å². The Balaban J connectivity index is 2.63. The van der Waals surface area contributed by atoms with E-state index in [1.165, 1.54) is 5.56 Å². The molecule has 1 unspecified atom stereocenters. The van der Waals surface area contributed by atoms with Gasteiger partial charge in [0.05, 0.1) is 11.1 Å². The molecular weight excluding hydrogens is 246 g/mol. The van der Waals surface area contributed by atoms with Crippen molar-refractivity contribution in [3.8, 4) is 0 Å². The number of carbonyl (C=O) groups is 1. The van der Waals surface area contributed by atoms with E-state index in [0.717, 1.165) is 10.7 Å². The lowest BCUT2D eigenvalue weighted by molar-refractivity contribution is -0.119. The van der Waals surface area contributed by atoms with Gasteiger partial charge in [-0.1, -0.05) is 13.8 Å². The topological polar surface area (TPSA) is 68.0 Å². The predicted octanol–water partition coefficient (Wildman–Crippen LogP) is 1.64. The van der Waals surface area contributed by atoms with Crippen LogP contribution >= 0.6 is 11.8 Å². The van der Waals surface area contributed by atoms with E-state index in [4.69, 9.17) is 5.73 Å². The SMILES string of the molecule is Cc1cc(C)nc(SCC(NC(C)C)C(N)=O)c1. The van der Waals surface area contributed by atoms with Gasteiger partial charge in [0.1, 0.15) is 0 Å². The van der Waals surface area contributed by atoms with E-state index in [1.54, 1.807) is 11.8 Å². The van der Waals surface area contributed by atoms with Crippen LogP contribution in [0.3, 0.4) is 0 Å². The fourth-order valence-corrected chi connectivity index (χ4v) is 2.74. The minimum atomic E-state index is -0.322. The van der Waals surface area contributed by atoms with Crippen molar-refractivity contribution in [1.82, 2.24) is 10.3 Å². The van der Waals surface area contributed by atoms with Crippen LogP contribution in [0.5, 0.6) is 0 Å². The number of nitrogens with two attached hydrogens (primary N) is 1. The molecule has 5 heteroatoms. The van der Waals surface area contributed by atoms with Crippen molar-refractivity contribution in [3.05, 3.63) is 23.4 Å². The van der Waals surface area contributed by atoms with Gasteiger partial charge in [-0.3, -0.25) is 4.79 Å². The summed E-state index contributed by atoms with van der Waals surface area (Å²) in [5.41, 5.74) is 7.54. The highest BCUT2D eigenvalue weighted by Gasteiger charge is 2.16. The number of primary amides is 1. The van der Waals surface area contributed by atoms with Gasteiger partial charge in [0.15, 0.2) is 0 Å². The number of aryl methyl sites for hydroxylation is 2. The van der Waals surface area contributed by atoms with Gasteiger partial charge in [-0.15, -0.1) is 11.8 Å². The Morgan fingerprint density at radius 1 is 1.44 bits per heavy atom. The van der Waals surface area contributed by atoms with E-state index in [0.29, 0.717) is 5.75 Å². The highest BCUT2D eigenvalue weighted by atomic mass is 32.2. The van der Waals surface area contributed by atoms with Gasteiger partial charge in [0.25, 0.3) is 0 Å². The zero-order valence-corrected chi connectivity index (χ0v) is 12.2. The smallest absolute Gasteiger partial charge is 0.235 e. The Morgan fingerprint density at radius 2 is 2.11 bits per heavy atom. The monoisotopic (exact) mass is 267 g/mol. The molecule has 1 aromatic heterocycles. The number of nitrogens with zero attached hydrogens (tertiary/aromatic N) is 1. The highest BCUT2D eigenvalue weighted by Crippen LogP contribution is 2.18. The van der Waals surface area contributed by atoms with Gasteiger partial charge in [0.2, 0.25) is 5.91 Å². The maximum atomic E-state index is 11.3. The molecule has 0 aromatic carbocycles. The third-order valence-electron chi connectivity index (χ3n) is 2.35. The molecule has 0 saturated heterocycles. The molecule has 0 bridgehead atoms. The largest absolute Gasteiger partial charge is 0.368 e. The van der Waals surface area contributed by atoms with Crippen LogP contribution in [0.25, 0.3) is 0 Å². The number of pyridine rings is 1. The molecule has 0 aliphatic heterocycles. The third-order valence-corrected chi connectivity index (χ3v) is 3.35. The number of rotatable bonds is 6. The van der Waals surface area contributed by atoms with Crippen LogP contribution in [-0.4, -0.2) is 28.7 Å². The van der Waals surface area contributed by atoms with Gasteiger partial charge in [0, 0.05) is 17.5 Å². The second-order valence-corrected chi connectivity index (χ2v) is 5.75. The number of carbonyl (C=O) groups excluding carboxylic acids is 1. The van der Waals surface area contributed by atoms with Gasteiger partial charge in [-0.25, -0.2) is 4.98 Å². The lowest BCUT2D eigenvalue weighted by Crippen LogP contribution is -2.46. The maximum Gasteiger partial charge on any atom is 0.235 e. The fraction of sp³-hybridized carbons (Fsp3) is 0.538. The Morgan fingerprint density at radius 3 is 2.61 bits per heavy atom. The molecule has 3 N–H and O–H groups in total. The molecule has 0 radical (unpaired) electrons. The van der Waals surface area contributed by atoms with Crippen molar-refractivity contribution in [3.63, 3.8) is 0 Å². The molecule has 0 fully saturated rings. The summed E-state index contributed by atoms with van der Waals surface area (Å²) in [5, 5.41) is 4.09. The van der Waals surface area contributed by atoms with E-state index in [-0.39, 0.29) is 18.0 Å². The average Bonchev–Trinajstić information content (AvgIpc) is 2.21. The van der Waals surface area contributed by atoms with Crippen molar-refractivity contribution in [2.24, 2.45) is 5.73 Å². The summed E-state index contributed by atoms with van der Waals surface area (Å²) in [7, 11) is 0. The van der Waals surface area contributed by atoms with Crippen LogP contribution in [0.4, 0.5) is 0 Å². The molecule has 1 amide bonds. The summed E-state index contributed by atoms with van der Waals surface area (Å²) in [6.07, 6.45) is 0. The molecule has 0 aliphatic carbocycles. The molecular formula is C13H21N3OS. The number of thioether (sulfide) groups is 1. The number of nitrogens with one attached hydrogen (secondary N) is 1. The normalized spacial score (nSPS) is 12.7. The molecule has 100 valence electrons. The molecule has 0 saturated carbocycles. The summed E-state index contributed by atoms with van der Waals surface area (Å²) in [5.74, 6) is 0.282. The Kier molecular flexibility index (Phi) is 5.62. The minimum absolute atomic E-state index is 0.232. The first-order valence-electron chi connectivity index (χ1n) is 6.02. The van der Waals surface area contributed by atoms with Gasteiger partial charge >= 0.3 is 0 Å². The third kappa shape index (κ3) is 5.06. The van der Waals surface area contributed by atoms with E-state index in [2.05, 4.69) is 10.3 Å². The van der Waals surface area contributed by atoms with Crippen LogP contribution in [-0.2, 0) is 4.79 Å². The second kappa shape index (κ2) is 6.75. The number of aromatic nitrogens is 1. The van der Waals surface area contributed by atoms with Gasteiger partial charge in [-0.05, 0) is 31.5 Å². The van der Waals surface area contributed by atoms with Gasteiger partial charge < -0.3 is 11.1 Å². The van der Waals surface area contributed by atoms with Crippen LogP contribution in [0.1, 0.15) is 25.1 Å². The fourth-order valence-electron chi connectivity index (χ4n) is 1.66. The number of amides is 1. The first kappa shape index (κ1) is 15.0. The second-order valence-electron chi connectivity index (χ2n) is 4.71. The van der Waals surface area contributed by atoms with Crippen molar-refractivity contribution in [1.29, 1.82) is 0 Å². The average molecular weight is 267 g/mol. The van der Waals surface area contributed by atoms with Crippen LogP contribution < -0.4 is 11.1 Å². The lowest BCUT2D eigenvalue weighted by atomic mass is 10.2. The molecule has 4 nitrogen and oxygen atoms in total. The molecule has 18 heavy (non-hydrogen) atoms. The lowest BCUT2D eigenvalue weighted by Gasteiger charge is -2.17. The van der Waals surface area contributed by atoms with Crippen molar-refractivity contribution >= 4 is 17.7 Å². The quantitative estimate of drug-likeness (QED) is 0.769. The summed E-state index contributed by atoms with van der Waals surface area (Å²) in [4.78, 5) is 15.7. The van der Waals surface area contributed by atoms with E-state index < -0.39 is 0 Å². The summed E-state index contributed by atoms with van der Waals surface area (Å²) in [6, 6.07) is 3.96. The van der Waals surface area contributed by atoms with Gasteiger partial charge in [-0.2, -0.15) is 0 Å². The van der Waals surface area contributed by atoms with Crippen molar-refractivity contribution in [2.75, 3.05) is 5.75 Å². The van der Waals surface area contributed by atoms with Crippen molar-refractivity contribution in [2.45, 2.75) is 44.8 Å². The summed E-state index contributed by atoms with van der Waals surface area (Å²) in [6.45, 7) is 8.00. The summed E-state index contributed by atoms with van der Waals surface area (Å²) < 4.78 is 0. The predicted molar refractivity (Wildman–Crippen MR) is 75.7 cm³/mol. The molecule has 1 heterocycles. The Labute approximate surface area is 113 Å². The maximum absolute atomic E-state index is 11.3. The molecule has 1 rings (SSSR count).